The molecule has 0 atom stereocenters. The highest BCUT2D eigenvalue weighted by molar-refractivity contribution is 5.97. The quantitative estimate of drug-likeness (QED) is 0.0546. The van der Waals surface area contributed by atoms with Crippen LogP contribution in [0.2, 0.25) is 0 Å². The first-order valence-electron chi connectivity index (χ1n) is 18.7. The number of anilines is 1. The van der Waals surface area contributed by atoms with E-state index in [0.29, 0.717) is 24.2 Å². The van der Waals surface area contributed by atoms with E-state index in [9.17, 15) is 14.4 Å². The van der Waals surface area contributed by atoms with Crippen LogP contribution in [-0.4, -0.2) is 45.1 Å². The molecule has 0 radical (unpaired) electrons. The van der Waals surface area contributed by atoms with Crippen LogP contribution in [0.4, 0.5) is 5.82 Å². The summed E-state index contributed by atoms with van der Waals surface area (Å²) in [4.78, 5) is 49.8. The number of benzene rings is 1. The van der Waals surface area contributed by atoms with Crippen molar-refractivity contribution in [3.63, 3.8) is 0 Å². The zero-order valence-electron chi connectivity index (χ0n) is 31.1. The normalized spacial score (nSPS) is 12.0. The molecule has 3 aromatic rings. The van der Waals surface area contributed by atoms with E-state index >= 15 is 0 Å². The molecule has 0 aliphatic carbocycles. The van der Waals surface area contributed by atoms with Crippen LogP contribution in [0.25, 0.3) is 11.2 Å². The molecular weight excluding hydrogens is 630 g/mol. The molecule has 1 aromatic carbocycles. The first-order chi connectivity index (χ1) is 24.3. The summed E-state index contributed by atoms with van der Waals surface area (Å²) in [6.45, 7) is 9.43. The third kappa shape index (κ3) is 13.6. The number of aromatic amines is 1. The number of ether oxygens (including phenoxy) is 2. The standard InChI is InChI=1S/C40H59N5O5/c1-6-10-26-50-39-43-37(36-38(44-39)45(40(48)42-36)29-33-24-18-23-32(27-33)28-35(47)49-5)41-34(46)25-17-12-11-14-21-31(9-4)22-16-13-15-20-30(8-3)19-7-2/h18,20-21,23-24,27H,6-17,19,22,25-26,28-29H2,1-5H3,(H,42,48)(H,41,43,44,46). The Kier molecular flexibility index (Phi) is 18.1. The number of allylic oxidation sites excluding steroid dienone is 4. The van der Waals surface area contributed by atoms with Crippen molar-refractivity contribution in [2.24, 2.45) is 0 Å². The monoisotopic (exact) mass is 689 g/mol. The number of hydrogen-bond donors (Lipinski definition) is 2. The summed E-state index contributed by atoms with van der Waals surface area (Å²) >= 11 is 0. The lowest BCUT2D eigenvalue weighted by atomic mass is 10.0. The lowest BCUT2D eigenvalue weighted by Gasteiger charge is -2.10. The maximum absolute atomic E-state index is 13.2. The van der Waals surface area contributed by atoms with Gasteiger partial charge in [-0.15, -0.1) is 0 Å². The summed E-state index contributed by atoms with van der Waals surface area (Å²) < 4.78 is 12.1. The first kappa shape index (κ1) is 40.2. The molecular formula is C40H59N5O5. The highest BCUT2D eigenvalue weighted by atomic mass is 16.5. The van der Waals surface area contributed by atoms with Crippen molar-refractivity contribution in [2.75, 3.05) is 19.0 Å². The maximum atomic E-state index is 13.2. The van der Waals surface area contributed by atoms with Gasteiger partial charge >= 0.3 is 17.7 Å². The molecule has 50 heavy (non-hydrogen) atoms. The maximum Gasteiger partial charge on any atom is 0.328 e. The minimum absolute atomic E-state index is 0.102. The number of carbonyl (C=O) groups is 2. The van der Waals surface area contributed by atoms with Crippen molar-refractivity contribution in [1.29, 1.82) is 0 Å². The number of esters is 1. The number of rotatable bonds is 24. The third-order valence-corrected chi connectivity index (χ3v) is 8.90. The Morgan fingerprint density at radius 1 is 0.860 bits per heavy atom. The van der Waals surface area contributed by atoms with Gasteiger partial charge in [-0.1, -0.05) is 94.5 Å². The van der Waals surface area contributed by atoms with Crippen molar-refractivity contribution in [3.8, 4) is 6.01 Å². The molecule has 0 bridgehead atoms. The molecule has 2 aromatic heterocycles. The number of imidazole rings is 1. The van der Waals surface area contributed by atoms with E-state index in [-0.39, 0.29) is 42.4 Å². The van der Waals surface area contributed by atoms with Gasteiger partial charge in [0.1, 0.15) is 5.52 Å². The van der Waals surface area contributed by atoms with Gasteiger partial charge in [0.05, 0.1) is 26.7 Å². The Balaban J connectivity index is 1.58. The number of H-pyrrole nitrogens is 1. The summed E-state index contributed by atoms with van der Waals surface area (Å²) in [6, 6.07) is 7.52. The summed E-state index contributed by atoms with van der Waals surface area (Å²) in [5, 5.41) is 2.91. The van der Waals surface area contributed by atoms with Crippen LogP contribution >= 0.6 is 0 Å². The number of nitrogens with one attached hydrogen (secondary N) is 2. The summed E-state index contributed by atoms with van der Waals surface area (Å²) in [5.41, 5.74) is 5.02. The van der Waals surface area contributed by atoms with Crippen LogP contribution in [0.15, 0.2) is 52.4 Å². The van der Waals surface area contributed by atoms with Crippen LogP contribution in [0.3, 0.4) is 0 Å². The second-order valence-electron chi connectivity index (χ2n) is 12.9. The van der Waals surface area contributed by atoms with E-state index in [4.69, 9.17) is 9.47 Å². The summed E-state index contributed by atoms with van der Waals surface area (Å²) in [7, 11) is 1.35. The zero-order valence-corrected chi connectivity index (χ0v) is 31.1. The Labute approximate surface area is 298 Å². The largest absolute Gasteiger partial charge is 0.469 e. The van der Waals surface area contributed by atoms with E-state index in [1.165, 1.54) is 62.2 Å². The fraction of sp³-hybridized carbons (Fsp3) is 0.575. The van der Waals surface area contributed by atoms with Gasteiger partial charge < -0.3 is 19.8 Å². The molecule has 0 saturated heterocycles. The molecule has 0 unspecified atom stereocenters. The number of hydrogen-bond acceptors (Lipinski definition) is 7. The number of amides is 1. The van der Waals surface area contributed by atoms with Crippen LogP contribution in [0.5, 0.6) is 6.01 Å². The molecule has 0 aliphatic rings. The number of unbranched alkanes of at least 4 members (excludes halogenated alkanes) is 6. The van der Waals surface area contributed by atoms with Gasteiger partial charge in [-0.2, -0.15) is 9.97 Å². The van der Waals surface area contributed by atoms with E-state index < -0.39 is 0 Å². The molecule has 0 aliphatic heterocycles. The van der Waals surface area contributed by atoms with Crippen LogP contribution in [0, 0.1) is 0 Å². The number of aromatic nitrogens is 4. The average Bonchev–Trinajstić information content (AvgIpc) is 3.42. The van der Waals surface area contributed by atoms with Gasteiger partial charge in [0, 0.05) is 6.42 Å². The molecule has 10 nitrogen and oxygen atoms in total. The smallest absolute Gasteiger partial charge is 0.328 e. The van der Waals surface area contributed by atoms with Crippen molar-refractivity contribution >= 4 is 28.9 Å². The number of fused-ring (bicyclic) bond motifs is 1. The molecule has 0 saturated carbocycles. The van der Waals surface area contributed by atoms with Gasteiger partial charge in [0.2, 0.25) is 5.91 Å². The van der Waals surface area contributed by atoms with E-state index in [1.807, 2.05) is 24.3 Å². The lowest BCUT2D eigenvalue weighted by molar-refractivity contribution is -0.139. The minimum Gasteiger partial charge on any atom is -0.469 e. The van der Waals surface area contributed by atoms with Crippen LogP contribution in [0.1, 0.15) is 135 Å². The minimum atomic E-state index is -0.386. The van der Waals surface area contributed by atoms with Crippen LogP contribution in [-0.2, 0) is 27.3 Å². The molecule has 2 N–H and O–H groups in total. The highest BCUT2D eigenvalue weighted by Gasteiger charge is 2.18. The summed E-state index contributed by atoms with van der Waals surface area (Å²) in [5.74, 6) is -0.282. The molecule has 1 amide bonds. The number of nitrogens with zero attached hydrogens (tertiary/aromatic N) is 3. The van der Waals surface area contributed by atoms with E-state index in [1.54, 1.807) is 5.57 Å². The molecule has 274 valence electrons. The Morgan fingerprint density at radius 2 is 1.56 bits per heavy atom. The predicted octanol–water partition coefficient (Wildman–Crippen LogP) is 8.98. The van der Waals surface area contributed by atoms with Crippen molar-refractivity contribution < 1.29 is 19.1 Å². The van der Waals surface area contributed by atoms with Gasteiger partial charge in [-0.3, -0.25) is 14.2 Å². The lowest BCUT2D eigenvalue weighted by Crippen LogP contribution is -2.18. The SMILES string of the molecule is CCCCOc1nc(NC(=O)CCCCCC=C(CC)CCCCC=C(CC)CCC)c2[nH]c(=O)n(Cc3cccc(CC(=O)OC)c3)c2n1. The van der Waals surface area contributed by atoms with E-state index in [2.05, 4.69) is 60.1 Å². The van der Waals surface area contributed by atoms with Crippen molar-refractivity contribution in [2.45, 2.75) is 137 Å². The third-order valence-electron chi connectivity index (χ3n) is 8.90. The number of carbonyl (C=O) groups excluding carboxylic acids is 2. The molecule has 3 rings (SSSR count). The molecule has 0 fully saturated rings. The highest BCUT2D eigenvalue weighted by Crippen LogP contribution is 2.23. The van der Waals surface area contributed by atoms with Gasteiger partial charge in [0.15, 0.2) is 11.5 Å². The van der Waals surface area contributed by atoms with E-state index in [0.717, 1.165) is 56.1 Å². The molecule has 10 heteroatoms. The second kappa shape index (κ2) is 22.5. The average molecular weight is 690 g/mol. The fourth-order valence-electron chi connectivity index (χ4n) is 5.96. The zero-order chi connectivity index (χ0) is 36.1. The molecule has 0 spiro atoms. The Hall–Kier alpha value is -4.21. The number of methoxy groups -OCH3 is 1. The topological polar surface area (TPSA) is 128 Å². The fourth-order valence-corrected chi connectivity index (χ4v) is 5.96. The van der Waals surface area contributed by atoms with Gasteiger partial charge in [-0.05, 0) is 81.8 Å². The van der Waals surface area contributed by atoms with Gasteiger partial charge in [-0.25, -0.2) is 4.79 Å². The van der Waals surface area contributed by atoms with Gasteiger partial charge in [0.25, 0.3) is 0 Å². The Morgan fingerprint density at radius 3 is 2.26 bits per heavy atom. The van der Waals surface area contributed by atoms with Crippen molar-refractivity contribution in [3.05, 3.63) is 69.2 Å². The van der Waals surface area contributed by atoms with Crippen molar-refractivity contribution in [1.82, 2.24) is 19.5 Å². The second-order valence-corrected chi connectivity index (χ2v) is 12.9. The first-order valence-corrected chi connectivity index (χ1v) is 18.7. The Bertz CT molecular complexity index is 1620. The summed E-state index contributed by atoms with van der Waals surface area (Å²) in [6.07, 6.45) is 20.5. The van der Waals surface area contributed by atoms with Crippen LogP contribution < -0.4 is 15.7 Å². The molecule has 2 heterocycles. The predicted molar refractivity (Wildman–Crippen MR) is 202 cm³/mol.